The molecule has 1 aromatic rings. The first-order valence-electron chi connectivity index (χ1n) is 7.88. The molecular formula is C15H15F3I3NO6S. The molecule has 0 saturated heterocycles. The lowest BCUT2D eigenvalue weighted by Gasteiger charge is -2.10. The smallest absolute Gasteiger partial charge is 0.464 e. The number of carbonyl (C=O) groups is 2. The highest BCUT2D eigenvalue weighted by Gasteiger charge is 2.45. The second-order valence-electron chi connectivity index (χ2n) is 5.41. The van der Waals surface area contributed by atoms with Crippen molar-refractivity contribution >= 4 is 89.7 Å². The van der Waals surface area contributed by atoms with Crippen LogP contribution in [-0.2, 0) is 24.3 Å². The molecule has 29 heavy (non-hydrogen) atoms. The van der Waals surface area contributed by atoms with Crippen molar-refractivity contribution < 1.29 is 40.7 Å². The molecule has 0 fully saturated rings. The Hall–Kier alpha value is 0.0500. The van der Waals surface area contributed by atoms with Crippen molar-refractivity contribution in [2.45, 2.75) is 24.8 Å². The lowest BCUT2D eigenvalue weighted by molar-refractivity contribution is -0.143. The molecule has 0 aliphatic heterocycles. The average Bonchev–Trinajstić information content (AvgIpc) is 2.60. The summed E-state index contributed by atoms with van der Waals surface area (Å²) in [6, 6.07) is 3.65. The lowest BCUT2D eigenvalue weighted by Crippen LogP contribution is -2.38. The first-order valence-corrected chi connectivity index (χ1v) is 12.6. The molecule has 14 heteroatoms. The molecule has 0 unspecified atom stereocenters. The van der Waals surface area contributed by atoms with Gasteiger partial charge in [0.05, 0.1) is 12.2 Å². The maximum Gasteiger partial charge on any atom is 0.511 e. The van der Waals surface area contributed by atoms with Crippen LogP contribution < -0.4 is 4.72 Å². The molecule has 1 rings (SSSR count). The highest BCUT2D eigenvalue weighted by atomic mass is 127. The number of rotatable bonds is 10. The number of unbranched alkanes of at least 4 members (excludes halogenated alkanes) is 1. The van der Waals surface area contributed by atoms with E-state index in [1.54, 1.807) is 6.07 Å². The highest BCUT2D eigenvalue weighted by Crippen LogP contribution is 2.23. The van der Waals surface area contributed by atoms with E-state index in [-0.39, 0.29) is 13.0 Å². The molecule has 0 spiro atoms. The molecule has 164 valence electrons. The van der Waals surface area contributed by atoms with Crippen LogP contribution in [0.5, 0.6) is 0 Å². The Labute approximate surface area is 206 Å². The molecule has 0 radical (unpaired) electrons. The number of sulfonamides is 1. The summed E-state index contributed by atoms with van der Waals surface area (Å²) in [5.41, 5.74) is -4.95. The van der Waals surface area contributed by atoms with Gasteiger partial charge >= 0.3 is 27.5 Å². The second kappa shape index (κ2) is 12.2. The van der Waals surface area contributed by atoms with Gasteiger partial charge < -0.3 is 9.47 Å². The number of hydrogen-bond donors (Lipinski definition) is 1. The van der Waals surface area contributed by atoms with Gasteiger partial charge in [-0.2, -0.15) is 13.2 Å². The van der Waals surface area contributed by atoms with Crippen LogP contribution in [0.1, 0.15) is 29.6 Å². The number of nitrogens with one attached hydrogen (secondary N) is 1. The van der Waals surface area contributed by atoms with Gasteiger partial charge in [0.1, 0.15) is 6.61 Å². The third kappa shape index (κ3) is 9.38. The number of benzene rings is 1. The predicted molar refractivity (Wildman–Crippen MR) is 123 cm³/mol. The van der Waals surface area contributed by atoms with Crippen molar-refractivity contribution in [1.82, 2.24) is 4.72 Å². The fraction of sp³-hybridized carbons (Fsp3) is 0.467. The van der Waals surface area contributed by atoms with Crippen molar-refractivity contribution in [3.8, 4) is 0 Å². The Bertz CT molecular complexity index is 848. The SMILES string of the molecule is O=C(CCCCOC(=O)c1cc(I)cc(I)c1I)OCCNS(=O)(=O)C(F)(F)F. The summed E-state index contributed by atoms with van der Waals surface area (Å²) >= 11 is 6.28. The second-order valence-corrected chi connectivity index (χ2v) is 10.7. The molecule has 1 N–H and O–H groups in total. The van der Waals surface area contributed by atoms with E-state index in [2.05, 4.69) is 72.5 Å². The summed E-state index contributed by atoms with van der Waals surface area (Å²) in [4.78, 5) is 23.6. The fourth-order valence-electron chi connectivity index (χ4n) is 1.81. The number of alkyl halides is 3. The van der Waals surface area contributed by atoms with Crippen LogP contribution >= 0.6 is 67.8 Å². The van der Waals surface area contributed by atoms with E-state index in [0.29, 0.717) is 18.4 Å². The van der Waals surface area contributed by atoms with Gasteiger partial charge in [-0.05, 0) is 92.7 Å². The Morgan fingerprint density at radius 2 is 1.69 bits per heavy atom. The average molecular weight is 775 g/mol. The highest BCUT2D eigenvalue weighted by molar-refractivity contribution is 14.1. The number of halogens is 6. The quantitative estimate of drug-likeness (QED) is 0.168. The van der Waals surface area contributed by atoms with Gasteiger partial charge in [0.15, 0.2) is 0 Å². The van der Waals surface area contributed by atoms with E-state index < -0.39 is 40.6 Å². The van der Waals surface area contributed by atoms with Crippen molar-refractivity contribution in [3.05, 3.63) is 28.4 Å². The first-order chi connectivity index (χ1) is 13.3. The zero-order valence-corrected chi connectivity index (χ0v) is 21.8. The molecule has 0 amide bonds. The van der Waals surface area contributed by atoms with Crippen LogP contribution in [-0.4, -0.2) is 45.6 Å². The summed E-state index contributed by atoms with van der Waals surface area (Å²) in [7, 11) is -5.45. The first kappa shape index (κ1) is 27.1. The van der Waals surface area contributed by atoms with E-state index in [1.807, 2.05) is 6.07 Å². The zero-order valence-electron chi connectivity index (χ0n) is 14.5. The van der Waals surface area contributed by atoms with Crippen LogP contribution in [0, 0.1) is 10.7 Å². The topological polar surface area (TPSA) is 98.8 Å². The Balaban J connectivity index is 2.24. The van der Waals surface area contributed by atoms with Gasteiger partial charge in [-0.3, -0.25) is 4.79 Å². The standard InChI is InChI=1S/C15H15F3I3NO6S/c16-15(17,18)29(25,26)22-4-6-27-12(23)3-1-2-5-28-14(24)10-7-9(19)8-11(20)13(10)21/h7-8,22H,1-6H2. The van der Waals surface area contributed by atoms with Crippen molar-refractivity contribution in [2.24, 2.45) is 0 Å². The van der Waals surface area contributed by atoms with Crippen LogP contribution in [0.25, 0.3) is 0 Å². The van der Waals surface area contributed by atoms with Gasteiger partial charge in [-0.25, -0.2) is 17.9 Å². The third-order valence-corrected chi connectivity index (χ3v) is 8.04. The van der Waals surface area contributed by atoms with E-state index in [4.69, 9.17) is 4.74 Å². The van der Waals surface area contributed by atoms with Crippen LogP contribution in [0.3, 0.4) is 0 Å². The van der Waals surface area contributed by atoms with Crippen molar-refractivity contribution in [3.63, 3.8) is 0 Å². The minimum atomic E-state index is -5.45. The van der Waals surface area contributed by atoms with Gasteiger partial charge in [0, 0.05) is 23.7 Å². The number of ether oxygens (including phenoxy) is 2. The third-order valence-electron chi connectivity index (χ3n) is 3.18. The number of esters is 2. The summed E-state index contributed by atoms with van der Waals surface area (Å²) in [5, 5.41) is 0. The normalized spacial score (nSPS) is 11.9. The molecule has 0 aliphatic carbocycles. The van der Waals surface area contributed by atoms with Crippen LogP contribution in [0.15, 0.2) is 12.1 Å². The monoisotopic (exact) mass is 775 g/mol. The van der Waals surface area contributed by atoms with E-state index >= 15 is 0 Å². The van der Waals surface area contributed by atoms with E-state index in [1.165, 1.54) is 4.72 Å². The van der Waals surface area contributed by atoms with E-state index in [0.717, 1.165) is 10.7 Å². The summed E-state index contributed by atoms with van der Waals surface area (Å²) in [6.07, 6.45) is 0.683. The minimum absolute atomic E-state index is 0.0394. The largest absolute Gasteiger partial charge is 0.511 e. The Kier molecular flexibility index (Phi) is 11.4. The van der Waals surface area contributed by atoms with Crippen LogP contribution in [0.4, 0.5) is 13.2 Å². The lowest BCUT2D eigenvalue weighted by atomic mass is 10.2. The Morgan fingerprint density at radius 3 is 2.31 bits per heavy atom. The maximum absolute atomic E-state index is 12.1. The number of carbonyl (C=O) groups excluding carboxylic acids is 2. The van der Waals surface area contributed by atoms with Gasteiger partial charge in [-0.15, -0.1) is 0 Å². The van der Waals surface area contributed by atoms with E-state index in [9.17, 15) is 31.2 Å². The molecule has 1 aromatic carbocycles. The molecule has 0 aliphatic rings. The molecule has 7 nitrogen and oxygen atoms in total. The predicted octanol–water partition coefficient (Wildman–Crippen LogP) is 3.81. The number of hydrogen-bond acceptors (Lipinski definition) is 6. The Morgan fingerprint density at radius 1 is 1.03 bits per heavy atom. The molecule has 0 bridgehead atoms. The molecule has 0 saturated carbocycles. The van der Waals surface area contributed by atoms with Crippen LogP contribution in [0.2, 0.25) is 0 Å². The summed E-state index contributed by atoms with van der Waals surface area (Å²) in [5.74, 6) is -1.16. The molecule has 0 aromatic heterocycles. The maximum atomic E-state index is 12.1. The van der Waals surface area contributed by atoms with Gasteiger partial charge in [0.25, 0.3) is 0 Å². The van der Waals surface area contributed by atoms with Gasteiger partial charge in [0.2, 0.25) is 0 Å². The van der Waals surface area contributed by atoms with Gasteiger partial charge in [-0.1, -0.05) is 0 Å². The van der Waals surface area contributed by atoms with Crippen molar-refractivity contribution in [1.29, 1.82) is 0 Å². The molecular weight excluding hydrogens is 760 g/mol. The zero-order chi connectivity index (χ0) is 22.2. The fourth-order valence-corrected chi connectivity index (χ4v) is 4.71. The molecule has 0 heterocycles. The summed E-state index contributed by atoms with van der Waals surface area (Å²) in [6.45, 7) is -1.11. The summed E-state index contributed by atoms with van der Waals surface area (Å²) < 4.78 is 71.5. The molecule has 0 atom stereocenters. The van der Waals surface area contributed by atoms with Crippen molar-refractivity contribution in [2.75, 3.05) is 19.8 Å². The minimum Gasteiger partial charge on any atom is -0.464 e.